The predicted octanol–water partition coefficient (Wildman–Crippen LogP) is 5.21. The van der Waals surface area contributed by atoms with Crippen LogP contribution in [0.5, 0.6) is 0 Å². The van der Waals surface area contributed by atoms with Crippen molar-refractivity contribution in [2.24, 2.45) is 0 Å². The van der Waals surface area contributed by atoms with E-state index in [0.717, 1.165) is 36.0 Å². The Balaban J connectivity index is 2.15. The van der Waals surface area contributed by atoms with E-state index in [-0.39, 0.29) is 11.8 Å². The molecule has 2 amide bonds. The maximum Gasteiger partial charge on any atom is 0.242 e. The summed E-state index contributed by atoms with van der Waals surface area (Å²) in [5, 5.41) is 3.02. The van der Waals surface area contributed by atoms with Crippen molar-refractivity contribution in [1.82, 2.24) is 10.2 Å². The molecule has 2 aromatic carbocycles. The summed E-state index contributed by atoms with van der Waals surface area (Å²) in [6.07, 6.45) is 4.66. The van der Waals surface area contributed by atoms with Gasteiger partial charge in [0.1, 0.15) is 6.04 Å². The molecule has 0 unspecified atom stereocenters. The number of carbonyl (C=O) groups excluding carboxylic acids is 2. The van der Waals surface area contributed by atoms with Crippen LogP contribution < -0.4 is 5.32 Å². The molecule has 0 spiro atoms. The number of rotatable bonds is 12. The smallest absolute Gasteiger partial charge is 0.242 e. The van der Waals surface area contributed by atoms with Gasteiger partial charge >= 0.3 is 0 Å². The van der Waals surface area contributed by atoms with Crippen LogP contribution in [0.25, 0.3) is 0 Å². The minimum Gasteiger partial charge on any atom is -0.354 e. The summed E-state index contributed by atoms with van der Waals surface area (Å²) in [5.41, 5.74) is 4.66. The van der Waals surface area contributed by atoms with Gasteiger partial charge in [0, 0.05) is 19.5 Å². The molecule has 1 atom stereocenters. The average molecular weight is 423 g/mol. The Morgan fingerprint density at radius 1 is 0.968 bits per heavy atom. The number of nitrogens with one attached hydrogen (secondary N) is 1. The second kappa shape index (κ2) is 12.9. The molecule has 0 saturated carbocycles. The first-order valence-corrected chi connectivity index (χ1v) is 11.7. The third-order valence-corrected chi connectivity index (χ3v) is 5.71. The van der Waals surface area contributed by atoms with Gasteiger partial charge in [-0.15, -0.1) is 0 Å². The Hall–Kier alpha value is -2.62. The lowest BCUT2D eigenvalue weighted by molar-refractivity contribution is -0.141. The summed E-state index contributed by atoms with van der Waals surface area (Å²) >= 11 is 0. The van der Waals surface area contributed by atoms with Gasteiger partial charge in [0.15, 0.2) is 0 Å². The summed E-state index contributed by atoms with van der Waals surface area (Å²) < 4.78 is 0. The highest BCUT2D eigenvalue weighted by atomic mass is 16.2. The van der Waals surface area contributed by atoms with E-state index < -0.39 is 6.04 Å². The lowest BCUT2D eigenvalue weighted by Gasteiger charge is -2.31. The number of unbranched alkanes of at least 4 members (excludes halogenated alkanes) is 1. The first kappa shape index (κ1) is 24.6. The van der Waals surface area contributed by atoms with Crippen molar-refractivity contribution in [1.29, 1.82) is 0 Å². The molecular formula is C27H38N2O2. The first-order valence-electron chi connectivity index (χ1n) is 11.7. The zero-order valence-corrected chi connectivity index (χ0v) is 19.6. The molecule has 4 nitrogen and oxygen atoms in total. The Morgan fingerprint density at radius 3 is 2.29 bits per heavy atom. The molecule has 0 aromatic heterocycles. The van der Waals surface area contributed by atoms with Crippen LogP contribution in [0.15, 0.2) is 48.5 Å². The van der Waals surface area contributed by atoms with Gasteiger partial charge in [0.05, 0.1) is 0 Å². The monoisotopic (exact) mass is 422 g/mol. The van der Waals surface area contributed by atoms with Gasteiger partial charge in [-0.05, 0) is 49.3 Å². The van der Waals surface area contributed by atoms with E-state index in [1.807, 2.05) is 32.0 Å². The van der Waals surface area contributed by atoms with E-state index in [2.05, 4.69) is 49.5 Å². The van der Waals surface area contributed by atoms with Gasteiger partial charge < -0.3 is 10.2 Å². The van der Waals surface area contributed by atoms with E-state index in [4.69, 9.17) is 0 Å². The second-order valence-electron chi connectivity index (χ2n) is 8.25. The maximum atomic E-state index is 13.3. The number of nitrogens with zero attached hydrogens (tertiary/aromatic N) is 1. The van der Waals surface area contributed by atoms with Crippen molar-refractivity contribution < 1.29 is 9.59 Å². The van der Waals surface area contributed by atoms with Crippen molar-refractivity contribution in [2.45, 2.75) is 78.8 Å². The van der Waals surface area contributed by atoms with Crippen LogP contribution in [0.2, 0.25) is 0 Å². The molecular weight excluding hydrogens is 384 g/mol. The highest BCUT2D eigenvalue weighted by Gasteiger charge is 2.28. The van der Waals surface area contributed by atoms with Gasteiger partial charge in [-0.25, -0.2) is 0 Å². The van der Waals surface area contributed by atoms with Crippen LogP contribution in [0.4, 0.5) is 0 Å². The fourth-order valence-electron chi connectivity index (χ4n) is 3.77. The van der Waals surface area contributed by atoms with E-state index in [1.54, 1.807) is 4.90 Å². The van der Waals surface area contributed by atoms with Crippen molar-refractivity contribution in [3.05, 3.63) is 70.8 Å². The minimum atomic E-state index is -0.452. The maximum absolute atomic E-state index is 13.3. The Kier molecular flexibility index (Phi) is 10.3. The third kappa shape index (κ3) is 7.86. The lowest BCUT2D eigenvalue weighted by Crippen LogP contribution is -2.49. The molecule has 0 aliphatic rings. The van der Waals surface area contributed by atoms with Crippen LogP contribution in [0.1, 0.15) is 68.7 Å². The standard InChI is InChI=1S/C27H38N2O2/c1-5-8-18-28-27(31)25(7-3)29(20-24-11-9-10-21(4)19-24)26(30)17-16-23-14-12-22(6-2)13-15-23/h9-15,19,25H,5-8,16-18,20H2,1-4H3,(H,28,31)/t25-/m1/s1. The van der Waals surface area contributed by atoms with Crippen LogP contribution >= 0.6 is 0 Å². The van der Waals surface area contributed by atoms with E-state index >= 15 is 0 Å². The predicted molar refractivity (Wildman–Crippen MR) is 128 cm³/mol. The Bertz CT molecular complexity index is 829. The molecule has 2 aromatic rings. The summed E-state index contributed by atoms with van der Waals surface area (Å²) in [4.78, 5) is 28.0. The second-order valence-corrected chi connectivity index (χ2v) is 8.25. The highest BCUT2D eigenvalue weighted by molar-refractivity contribution is 5.87. The summed E-state index contributed by atoms with van der Waals surface area (Å²) in [6, 6.07) is 16.2. The van der Waals surface area contributed by atoms with Gasteiger partial charge in [-0.1, -0.05) is 81.3 Å². The molecule has 31 heavy (non-hydrogen) atoms. The van der Waals surface area contributed by atoms with Crippen LogP contribution in [-0.2, 0) is 29.0 Å². The fourth-order valence-corrected chi connectivity index (χ4v) is 3.77. The van der Waals surface area contributed by atoms with Gasteiger partial charge in [-0.3, -0.25) is 9.59 Å². The quantitative estimate of drug-likeness (QED) is 0.477. The molecule has 0 saturated heterocycles. The third-order valence-electron chi connectivity index (χ3n) is 5.71. The summed E-state index contributed by atoms with van der Waals surface area (Å²) in [7, 11) is 0. The van der Waals surface area contributed by atoms with Gasteiger partial charge in [-0.2, -0.15) is 0 Å². The zero-order chi connectivity index (χ0) is 22.6. The largest absolute Gasteiger partial charge is 0.354 e. The lowest BCUT2D eigenvalue weighted by atomic mass is 10.0. The molecule has 1 N–H and O–H groups in total. The topological polar surface area (TPSA) is 49.4 Å². The van der Waals surface area contributed by atoms with Crippen molar-refractivity contribution in [3.63, 3.8) is 0 Å². The summed E-state index contributed by atoms with van der Waals surface area (Å²) in [6.45, 7) is 9.37. The van der Waals surface area contributed by atoms with Crippen LogP contribution in [0.3, 0.4) is 0 Å². The zero-order valence-electron chi connectivity index (χ0n) is 19.6. The molecule has 0 bridgehead atoms. The summed E-state index contributed by atoms with van der Waals surface area (Å²) in [5.74, 6) is -0.0252. The molecule has 0 heterocycles. The van der Waals surface area contributed by atoms with E-state index in [0.29, 0.717) is 32.4 Å². The normalized spacial score (nSPS) is 11.7. The Labute approximate surface area is 188 Å². The number of hydrogen-bond acceptors (Lipinski definition) is 2. The van der Waals surface area contributed by atoms with Gasteiger partial charge in [0.2, 0.25) is 11.8 Å². The molecule has 4 heteroatoms. The fraction of sp³-hybridized carbons (Fsp3) is 0.481. The molecule has 0 fully saturated rings. The molecule has 0 aliphatic heterocycles. The number of benzene rings is 2. The number of amides is 2. The van der Waals surface area contributed by atoms with Crippen molar-refractivity contribution >= 4 is 11.8 Å². The molecule has 0 radical (unpaired) electrons. The SMILES string of the molecule is CCCCNC(=O)[C@@H](CC)N(Cc1cccc(C)c1)C(=O)CCc1ccc(CC)cc1. The number of aryl methyl sites for hydroxylation is 3. The van der Waals surface area contributed by atoms with Crippen molar-refractivity contribution in [3.8, 4) is 0 Å². The minimum absolute atomic E-state index is 0.0264. The van der Waals surface area contributed by atoms with Crippen LogP contribution in [-0.4, -0.2) is 29.3 Å². The first-order chi connectivity index (χ1) is 15.0. The van der Waals surface area contributed by atoms with E-state index in [1.165, 1.54) is 5.56 Å². The molecule has 0 aliphatic carbocycles. The van der Waals surface area contributed by atoms with Gasteiger partial charge in [0.25, 0.3) is 0 Å². The molecule has 2 rings (SSSR count). The van der Waals surface area contributed by atoms with Crippen molar-refractivity contribution in [2.75, 3.05) is 6.54 Å². The Morgan fingerprint density at radius 2 is 1.68 bits per heavy atom. The highest BCUT2D eigenvalue weighted by Crippen LogP contribution is 2.16. The molecule has 168 valence electrons. The number of hydrogen-bond donors (Lipinski definition) is 1. The van der Waals surface area contributed by atoms with Crippen LogP contribution in [0, 0.1) is 6.92 Å². The number of carbonyl (C=O) groups is 2. The van der Waals surface area contributed by atoms with E-state index in [9.17, 15) is 9.59 Å². The average Bonchev–Trinajstić information content (AvgIpc) is 2.78.